The number of para-hydroxylation sites is 1. The van der Waals surface area contributed by atoms with E-state index in [0.717, 1.165) is 62.0 Å². The van der Waals surface area contributed by atoms with Gasteiger partial charge in [0, 0.05) is 58.1 Å². The summed E-state index contributed by atoms with van der Waals surface area (Å²) in [5.41, 5.74) is 2.99. The highest BCUT2D eigenvalue weighted by atomic mass is 127. The van der Waals surface area contributed by atoms with Crippen LogP contribution in [0.3, 0.4) is 0 Å². The van der Waals surface area contributed by atoms with Crippen molar-refractivity contribution < 1.29 is 9.32 Å². The van der Waals surface area contributed by atoms with E-state index in [4.69, 9.17) is 4.52 Å². The van der Waals surface area contributed by atoms with Gasteiger partial charge in [-0.05, 0) is 18.1 Å². The lowest BCUT2D eigenvalue weighted by Gasteiger charge is -2.36. The highest BCUT2D eigenvalue weighted by Crippen LogP contribution is 2.33. The van der Waals surface area contributed by atoms with Gasteiger partial charge in [-0.15, -0.1) is 24.0 Å². The Labute approximate surface area is 187 Å². The summed E-state index contributed by atoms with van der Waals surface area (Å²) in [7, 11) is 1.81. The second-order valence-corrected chi connectivity index (χ2v) is 7.15. The number of carbonyl (C=O) groups is 1. The number of halogens is 1. The van der Waals surface area contributed by atoms with E-state index >= 15 is 0 Å². The van der Waals surface area contributed by atoms with Gasteiger partial charge in [-0.3, -0.25) is 14.7 Å². The first-order valence-electron chi connectivity index (χ1n) is 9.71. The zero-order valence-electron chi connectivity index (χ0n) is 16.5. The zero-order valence-corrected chi connectivity index (χ0v) is 18.8. The van der Waals surface area contributed by atoms with Gasteiger partial charge in [0.2, 0.25) is 5.91 Å². The molecule has 29 heavy (non-hydrogen) atoms. The fraction of sp³-hybridized carbons (Fsp3) is 0.450. The van der Waals surface area contributed by atoms with Gasteiger partial charge >= 0.3 is 0 Å². The predicted octanol–water partition coefficient (Wildman–Crippen LogP) is 2.11. The molecule has 0 saturated carbocycles. The van der Waals surface area contributed by atoms with Crippen molar-refractivity contribution in [2.45, 2.75) is 18.9 Å². The number of nitrogens with zero attached hydrogens (tertiary/aromatic N) is 4. The Balaban J connectivity index is 0.00000240. The normalized spacial score (nSPS) is 19.5. The second-order valence-electron chi connectivity index (χ2n) is 7.15. The van der Waals surface area contributed by atoms with E-state index in [1.165, 1.54) is 0 Å². The molecule has 1 amide bonds. The number of aromatic nitrogens is 1. The average Bonchev–Trinajstić information content (AvgIpc) is 3.33. The van der Waals surface area contributed by atoms with Crippen molar-refractivity contribution in [3.8, 4) is 0 Å². The summed E-state index contributed by atoms with van der Waals surface area (Å²) >= 11 is 0. The maximum atomic E-state index is 12.2. The summed E-state index contributed by atoms with van der Waals surface area (Å²) in [6.45, 7) is 5.23. The van der Waals surface area contributed by atoms with Crippen LogP contribution in [0.5, 0.6) is 0 Å². The molecule has 2 aliphatic heterocycles. The minimum absolute atomic E-state index is 0. The number of benzene rings is 1. The number of anilines is 1. The molecule has 2 aliphatic rings. The third kappa shape index (κ3) is 5.08. The molecule has 1 saturated heterocycles. The van der Waals surface area contributed by atoms with Crippen LogP contribution in [0, 0.1) is 0 Å². The minimum atomic E-state index is -0.0962. The van der Waals surface area contributed by atoms with Crippen LogP contribution >= 0.6 is 24.0 Å². The molecule has 1 aromatic carbocycles. The van der Waals surface area contributed by atoms with Crippen LogP contribution in [-0.4, -0.2) is 66.6 Å². The molecule has 9 heteroatoms. The Morgan fingerprint density at radius 3 is 2.79 bits per heavy atom. The smallest absolute Gasteiger partial charge is 0.232 e. The minimum Gasteiger partial charge on any atom is -0.364 e. The summed E-state index contributed by atoms with van der Waals surface area (Å²) in [6.07, 6.45) is 2.36. The van der Waals surface area contributed by atoms with Crippen LogP contribution in [0.4, 0.5) is 5.69 Å². The van der Waals surface area contributed by atoms with E-state index in [1.807, 2.05) is 37.4 Å². The molecule has 3 heterocycles. The number of carbonyl (C=O) groups excluding carboxylic acids is 1. The molecule has 0 aliphatic carbocycles. The maximum absolute atomic E-state index is 12.2. The second kappa shape index (κ2) is 10.1. The van der Waals surface area contributed by atoms with Crippen molar-refractivity contribution in [3.63, 3.8) is 0 Å². The topological polar surface area (TPSA) is 86.0 Å². The zero-order chi connectivity index (χ0) is 19.3. The fourth-order valence-corrected chi connectivity index (χ4v) is 3.89. The average molecular weight is 510 g/mol. The summed E-state index contributed by atoms with van der Waals surface area (Å²) in [6, 6.07) is 9.82. The van der Waals surface area contributed by atoms with Crippen molar-refractivity contribution in [1.29, 1.82) is 0 Å². The number of piperazine rings is 1. The summed E-state index contributed by atoms with van der Waals surface area (Å²) < 4.78 is 4.90. The van der Waals surface area contributed by atoms with Crippen LogP contribution in [-0.2, 0) is 11.3 Å². The first kappa shape index (κ1) is 21.6. The van der Waals surface area contributed by atoms with E-state index in [9.17, 15) is 4.79 Å². The highest BCUT2D eigenvalue weighted by molar-refractivity contribution is 14.0. The van der Waals surface area contributed by atoms with Crippen molar-refractivity contribution in [3.05, 3.63) is 47.9 Å². The van der Waals surface area contributed by atoms with E-state index in [2.05, 4.69) is 30.6 Å². The van der Waals surface area contributed by atoms with Crippen molar-refractivity contribution in [2.24, 2.45) is 4.99 Å². The molecule has 156 valence electrons. The third-order valence-electron chi connectivity index (χ3n) is 5.39. The van der Waals surface area contributed by atoms with Gasteiger partial charge in [-0.1, -0.05) is 23.4 Å². The predicted molar refractivity (Wildman–Crippen MR) is 123 cm³/mol. The van der Waals surface area contributed by atoms with Gasteiger partial charge in [-0.2, -0.15) is 0 Å². The molecule has 1 fully saturated rings. The Bertz CT molecular complexity index is 833. The molecular formula is C20H27IN6O2. The molecule has 4 rings (SSSR count). The van der Waals surface area contributed by atoms with Gasteiger partial charge in [0.05, 0.1) is 11.6 Å². The van der Waals surface area contributed by atoms with Crippen LogP contribution < -0.4 is 10.6 Å². The summed E-state index contributed by atoms with van der Waals surface area (Å²) in [5, 5.41) is 10.4. The first-order chi connectivity index (χ1) is 13.7. The van der Waals surface area contributed by atoms with Crippen LogP contribution in [0.25, 0.3) is 0 Å². The Hall–Kier alpha value is -2.14. The molecule has 2 N–H and O–H groups in total. The largest absolute Gasteiger partial charge is 0.364 e. The van der Waals surface area contributed by atoms with Gasteiger partial charge < -0.3 is 20.1 Å². The lowest BCUT2D eigenvalue weighted by molar-refractivity contribution is -0.117. The first-order valence-corrected chi connectivity index (χ1v) is 9.71. The molecule has 0 spiro atoms. The quantitative estimate of drug-likeness (QED) is 0.364. The molecule has 1 aromatic heterocycles. The van der Waals surface area contributed by atoms with Crippen molar-refractivity contribution >= 4 is 41.5 Å². The van der Waals surface area contributed by atoms with Gasteiger partial charge in [0.25, 0.3) is 0 Å². The van der Waals surface area contributed by atoms with E-state index < -0.39 is 0 Å². The number of hydrogen-bond donors (Lipinski definition) is 2. The number of guanidine groups is 1. The van der Waals surface area contributed by atoms with Gasteiger partial charge in [0.1, 0.15) is 6.26 Å². The van der Waals surface area contributed by atoms with Crippen LogP contribution in [0.2, 0.25) is 0 Å². The molecular weight excluding hydrogens is 483 g/mol. The van der Waals surface area contributed by atoms with E-state index in [1.54, 1.807) is 6.26 Å². The SMILES string of the molecule is CN=C(NCCC1C(=O)Nc2ccccc21)N1CCN(Cc2ccon2)CC1.I. The molecule has 0 radical (unpaired) electrons. The fourth-order valence-electron chi connectivity index (χ4n) is 3.89. The van der Waals surface area contributed by atoms with E-state index in [0.29, 0.717) is 6.54 Å². The molecule has 2 aromatic rings. The van der Waals surface area contributed by atoms with Crippen LogP contribution in [0.15, 0.2) is 46.1 Å². The monoisotopic (exact) mass is 510 g/mol. The molecule has 1 atom stereocenters. The number of fused-ring (bicyclic) bond motifs is 1. The number of nitrogens with one attached hydrogen (secondary N) is 2. The van der Waals surface area contributed by atoms with Crippen molar-refractivity contribution in [1.82, 2.24) is 20.3 Å². The molecule has 1 unspecified atom stereocenters. The summed E-state index contributed by atoms with van der Waals surface area (Å²) in [4.78, 5) is 21.3. The van der Waals surface area contributed by atoms with Gasteiger partial charge in [-0.25, -0.2) is 0 Å². The molecule has 8 nitrogen and oxygen atoms in total. The summed E-state index contributed by atoms with van der Waals surface area (Å²) in [5.74, 6) is 0.883. The number of aliphatic imine (C=N–C) groups is 1. The van der Waals surface area contributed by atoms with E-state index in [-0.39, 0.29) is 35.8 Å². The Morgan fingerprint density at radius 2 is 2.07 bits per heavy atom. The standard InChI is InChI=1S/C20H26N6O2.HI/c1-21-20(26-11-9-25(10-12-26)14-15-7-13-28-24-15)22-8-6-17-16-4-2-3-5-18(16)23-19(17)27;/h2-5,7,13,17H,6,8-12,14H2,1H3,(H,21,22)(H,23,27);1H. The lowest BCUT2D eigenvalue weighted by Crippen LogP contribution is -2.52. The van der Waals surface area contributed by atoms with Crippen molar-refractivity contribution in [2.75, 3.05) is 45.1 Å². The number of amides is 1. The number of hydrogen-bond acceptors (Lipinski definition) is 5. The number of rotatable bonds is 5. The van der Waals surface area contributed by atoms with Gasteiger partial charge in [0.15, 0.2) is 5.96 Å². The lowest BCUT2D eigenvalue weighted by atomic mass is 9.97. The molecule has 0 bridgehead atoms. The highest BCUT2D eigenvalue weighted by Gasteiger charge is 2.29. The Kier molecular flexibility index (Phi) is 7.48. The Morgan fingerprint density at radius 1 is 1.28 bits per heavy atom. The van der Waals surface area contributed by atoms with Crippen LogP contribution in [0.1, 0.15) is 23.6 Å². The third-order valence-corrected chi connectivity index (χ3v) is 5.39. The maximum Gasteiger partial charge on any atom is 0.232 e.